The van der Waals surface area contributed by atoms with Crippen LogP contribution >= 0.6 is 0 Å². The number of benzene rings is 1. The Labute approximate surface area is 112 Å². The summed E-state index contributed by atoms with van der Waals surface area (Å²) in [5.74, 6) is 0. The van der Waals surface area contributed by atoms with Crippen molar-refractivity contribution in [3.63, 3.8) is 0 Å². The Morgan fingerprint density at radius 3 is 3.05 bits per heavy atom. The number of nitro benzene ring substituents is 1. The molecule has 1 saturated heterocycles. The Morgan fingerprint density at radius 2 is 2.37 bits per heavy atom. The average molecular weight is 265 g/mol. The molecule has 0 aromatic heterocycles. The number of hydrogen-bond donors (Lipinski definition) is 1. The second-order valence-corrected chi connectivity index (χ2v) is 4.92. The van der Waals surface area contributed by atoms with E-state index in [1.165, 1.54) is 6.07 Å². The topological polar surface area (TPSA) is 81.6 Å². The van der Waals surface area contributed by atoms with E-state index in [-0.39, 0.29) is 17.5 Å². The zero-order chi connectivity index (χ0) is 13.8. The van der Waals surface area contributed by atoms with Crippen LogP contribution in [0.4, 0.5) is 11.4 Å². The molecule has 2 rings (SSSR count). The summed E-state index contributed by atoms with van der Waals surface area (Å²) >= 11 is 0. The molecule has 1 aliphatic heterocycles. The molecule has 1 aromatic rings. The van der Waals surface area contributed by atoms with E-state index in [0.29, 0.717) is 0 Å². The third-order valence-corrected chi connectivity index (χ3v) is 3.23. The molecular weight excluding hydrogens is 246 g/mol. The third-order valence-electron chi connectivity index (χ3n) is 3.23. The maximum atomic E-state index is 10.7. The summed E-state index contributed by atoms with van der Waals surface area (Å²) in [7, 11) is 0. The summed E-state index contributed by atoms with van der Waals surface area (Å²) in [5, 5.41) is 10.7. The highest BCUT2D eigenvalue weighted by atomic mass is 16.6. The first-order chi connectivity index (χ1) is 9.06. The van der Waals surface area contributed by atoms with Crippen molar-refractivity contribution in [2.75, 3.05) is 25.4 Å². The second kappa shape index (κ2) is 5.99. The molecule has 2 N–H and O–H groups in total. The van der Waals surface area contributed by atoms with E-state index in [9.17, 15) is 10.1 Å². The van der Waals surface area contributed by atoms with Gasteiger partial charge in [0, 0.05) is 32.3 Å². The summed E-state index contributed by atoms with van der Waals surface area (Å²) in [5.41, 5.74) is 6.89. The van der Waals surface area contributed by atoms with E-state index in [4.69, 9.17) is 10.5 Å². The Bertz CT molecular complexity index is 464. The number of nitro groups is 1. The molecule has 0 amide bonds. The fourth-order valence-electron chi connectivity index (χ4n) is 2.35. The molecule has 1 aromatic carbocycles. The predicted octanol–water partition coefficient (Wildman–Crippen LogP) is 1.79. The zero-order valence-corrected chi connectivity index (χ0v) is 11.0. The van der Waals surface area contributed by atoms with Gasteiger partial charge >= 0.3 is 0 Å². The predicted molar refractivity (Wildman–Crippen MR) is 72.8 cm³/mol. The van der Waals surface area contributed by atoms with Crippen LogP contribution in [-0.4, -0.2) is 35.6 Å². The van der Waals surface area contributed by atoms with Crippen LogP contribution in [0.3, 0.4) is 0 Å². The maximum Gasteiger partial charge on any atom is 0.292 e. The minimum atomic E-state index is -0.457. The summed E-state index contributed by atoms with van der Waals surface area (Å²) in [6, 6.07) is 4.93. The zero-order valence-electron chi connectivity index (χ0n) is 11.0. The lowest BCUT2D eigenvalue weighted by atomic mass is 10.1. The van der Waals surface area contributed by atoms with E-state index in [1.807, 2.05) is 0 Å². The molecule has 1 aliphatic rings. The monoisotopic (exact) mass is 265 g/mol. The van der Waals surface area contributed by atoms with Gasteiger partial charge in [-0.25, -0.2) is 0 Å². The van der Waals surface area contributed by atoms with Crippen molar-refractivity contribution in [2.45, 2.75) is 26.0 Å². The number of hydrogen-bond acceptors (Lipinski definition) is 5. The highest BCUT2D eigenvalue weighted by Crippen LogP contribution is 2.23. The first-order valence-corrected chi connectivity index (χ1v) is 6.43. The molecule has 0 radical (unpaired) electrons. The molecule has 6 heteroatoms. The lowest BCUT2D eigenvalue weighted by Gasteiger charge is -2.21. The van der Waals surface area contributed by atoms with Crippen LogP contribution in [-0.2, 0) is 11.3 Å². The van der Waals surface area contributed by atoms with Crippen molar-refractivity contribution in [3.05, 3.63) is 33.9 Å². The lowest BCUT2D eigenvalue weighted by Crippen LogP contribution is -2.29. The van der Waals surface area contributed by atoms with Gasteiger partial charge in [0.25, 0.3) is 5.69 Å². The minimum absolute atomic E-state index is 0.0312. The van der Waals surface area contributed by atoms with Gasteiger partial charge in [0.2, 0.25) is 0 Å². The number of rotatable bonds is 3. The van der Waals surface area contributed by atoms with Crippen LogP contribution in [0.15, 0.2) is 18.2 Å². The summed E-state index contributed by atoms with van der Waals surface area (Å²) < 4.78 is 5.59. The van der Waals surface area contributed by atoms with Gasteiger partial charge < -0.3 is 10.5 Å². The highest BCUT2D eigenvalue weighted by Gasteiger charge is 2.16. The van der Waals surface area contributed by atoms with E-state index in [1.54, 1.807) is 12.1 Å². The number of anilines is 1. The molecule has 0 aliphatic carbocycles. The van der Waals surface area contributed by atoms with Gasteiger partial charge in [-0.15, -0.1) is 0 Å². The molecule has 1 unspecified atom stereocenters. The minimum Gasteiger partial charge on any atom is -0.393 e. The van der Waals surface area contributed by atoms with Gasteiger partial charge in [0.05, 0.1) is 11.0 Å². The van der Waals surface area contributed by atoms with Crippen LogP contribution < -0.4 is 5.73 Å². The molecular formula is C13H19N3O3. The normalized spacial score (nSPS) is 21.0. The Balaban J connectivity index is 2.06. The molecule has 1 atom stereocenters. The number of nitrogens with zero attached hydrogens (tertiary/aromatic N) is 2. The van der Waals surface area contributed by atoms with Crippen molar-refractivity contribution in [1.82, 2.24) is 4.90 Å². The van der Waals surface area contributed by atoms with Gasteiger partial charge in [-0.3, -0.25) is 15.0 Å². The summed E-state index contributed by atoms with van der Waals surface area (Å²) in [4.78, 5) is 12.5. The quantitative estimate of drug-likeness (QED) is 0.512. The maximum absolute atomic E-state index is 10.7. The summed E-state index contributed by atoms with van der Waals surface area (Å²) in [6.45, 7) is 5.44. The molecule has 1 heterocycles. The number of ether oxygens (including phenoxy) is 1. The lowest BCUT2D eigenvalue weighted by molar-refractivity contribution is -0.383. The van der Waals surface area contributed by atoms with E-state index in [2.05, 4.69) is 11.8 Å². The highest BCUT2D eigenvalue weighted by molar-refractivity contribution is 5.59. The molecule has 0 spiro atoms. The third kappa shape index (κ3) is 3.65. The van der Waals surface area contributed by atoms with E-state index in [0.717, 1.165) is 38.2 Å². The van der Waals surface area contributed by atoms with Gasteiger partial charge in [-0.05, 0) is 25.0 Å². The van der Waals surface area contributed by atoms with Crippen molar-refractivity contribution in [1.29, 1.82) is 0 Å². The SMILES string of the molecule is CC1CN(Cc2ccc([N+](=O)[O-])c(N)c2)CCCO1. The van der Waals surface area contributed by atoms with Crippen LogP contribution in [0.1, 0.15) is 18.9 Å². The van der Waals surface area contributed by atoms with Crippen molar-refractivity contribution < 1.29 is 9.66 Å². The Hall–Kier alpha value is -1.66. The fraction of sp³-hybridized carbons (Fsp3) is 0.538. The first kappa shape index (κ1) is 13.8. The standard InChI is InChI=1S/C13H19N3O3/c1-10-8-15(5-2-6-19-10)9-11-3-4-13(16(17)18)12(14)7-11/h3-4,7,10H,2,5-6,8-9,14H2,1H3. The van der Waals surface area contributed by atoms with Gasteiger partial charge in [-0.1, -0.05) is 6.07 Å². The molecule has 6 nitrogen and oxygen atoms in total. The number of nitrogen functional groups attached to an aromatic ring is 1. The van der Waals surface area contributed by atoms with Crippen LogP contribution in [0.2, 0.25) is 0 Å². The molecule has 0 saturated carbocycles. The van der Waals surface area contributed by atoms with Gasteiger partial charge in [0.1, 0.15) is 5.69 Å². The Morgan fingerprint density at radius 1 is 1.58 bits per heavy atom. The average Bonchev–Trinajstić information content (AvgIpc) is 2.53. The first-order valence-electron chi connectivity index (χ1n) is 6.43. The second-order valence-electron chi connectivity index (χ2n) is 4.92. The van der Waals surface area contributed by atoms with E-state index >= 15 is 0 Å². The molecule has 19 heavy (non-hydrogen) atoms. The molecule has 104 valence electrons. The van der Waals surface area contributed by atoms with Crippen LogP contribution in [0.25, 0.3) is 0 Å². The van der Waals surface area contributed by atoms with Crippen molar-refractivity contribution in [3.8, 4) is 0 Å². The molecule has 0 bridgehead atoms. The van der Waals surface area contributed by atoms with Gasteiger partial charge in [-0.2, -0.15) is 0 Å². The number of nitrogens with two attached hydrogens (primary N) is 1. The van der Waals surface area contributed by atoms with Crippen molar-refractivity contribution >= 4 is 11.4 Å². The van der Waals surface area contributed by atoms with E-state index < -0.39 is 4.92 Å². The van der Waals surface area contributed by atoms with Crippen LogP contribution in [0.5, 0.6) is 0 Å². The van der Waals surface area contributed by atoms with Crippen LogP contribution in [0, 0.1) is 10.1 Å². The molecule has 1 fully saturated rings. The summed E-state index contributed by atoms with van der Waals surface area (Å²) in [6.07, 6.45) is 1.23. The Kier molecular flexibility index (Phi) is 4.34. The van der Waals surface area contributed by atoms with Gasteiger partial charge in [0.15, 0.2) is 0 Å². The largest absolute Gasteiger partial charge is 0.393 e. The smallest absolute Gasteiger partial charge is 0.292 e. The van der Waals surface area contributed by atoms with Crippen molar-refractivity contribution in [2.24, 2.45) is 0 Å². The fourth-order valence-corrected chi connectivity index (χ4v) is 2.35.